The molecule has 4 N–H and O–H groups in total. The van der Waals surface area contributed by atoms with Crippen molar-refractivity contribution in [3.63, 3.8) is 0 Å². The van der Waals surface area contributed by atoms with E-state index in [1.165, 1.54) is 24.3 Å². The molecule has 9 nitrogen and oxygen atoms in total. The number of alkyl halides is 3. The molecule has 1 aromatic carbocycles. The second kappa shape index (κ2) is 9.52. The fraction of sp³-hybridized carbons (Fsp3) is 0.333. The number of nitrogens with zero attached hydrogens (tertiary/aromatic N) is 4. The van der Waals surface area contributed by atoms with E-state index in [0.717, 1.165) is 6.07 Å². The largest absolute Gasteiger partial charge is 0.454 e. The van der Waals surface area contributed by atoms with Crippen molar-refractivity contribution in [1.29, 1.82) is 0 Å². The maximum atomic E-state index is 13.1. The zero-order chi connectivity index (χ0) is 20.7. The number of hydrogen-bond acceptors (Lipinski definition) is 9. The highest BCUT2D eigenvalue weighted by Crippen LogP contribution is 2.29. The number of hydrazine groups is 1. The first kappa shape index (κ1) is 21.7. The Labute approximate surface area is 161 Å². The summed E-state index contributed by atoms with van der Waals surface area (Å²) < 4.78 is 62.0. The molecule has 0 radical (unpaired) electrons. The lowest BCUT2D eigenvalue weighted by Gasteiger charge is -2.15. The van der Waals surface area contributed by atoms with Gasteiger partial charge in [-0.25, -0.2) is 4.98 Å². The summed E-state index contributed by atoms with van der Waals surface area (Å²) in [6.45, 7) is 0.967. The van der Waals surface area contributed by atoms with E-state index in [2.05, 4.69) is 30.5 Å². The molecule has 2 aromatic rings. The van der Waals surface area contributed by atoms with E-state index in [1.54, 1.807) is 0 Å². The molecule has 154 valence electrons. The molecule has 0 bridgehead atoms. The highest BCUT2D eigenvalue weighted by atomic mass is 32.2. The van der Waals surface area contributed by atoms with Gasteiger partial charge in [-0.1, -0.05) is 10.9 Å². The van der Waals surface area contributed by atoms with Gasteiger partial charge in [-0.15, -0.1) is 0 Å². The molecular formula is C15H19F3N7O2S-. The topological polar surface area (TPSA) is 115 Å². The van der Waals surface area contributed by atoms with E-state index in [4.69, 9.17) is 4.55 Å². The van der Waals surface area contributed by atoms with Crippen LogP contribution in [0.2, 0.25) is 0 Å². The predicted octanol–water partition coefficient (Wildman–Crippen LogP) is 3.16. The number of anilines is 3. The van der Waals surface area contributed by atoms with Gasteiger partial charge in [0.2, 0.25) is 5.95 Å². The minimum atomic E-state index is -4.62. The number of likely N-dealkylation sites (N-methyl/N-ethyl adjacent to an activating group) is 1. The summed E-state index contributed by atoms with van der Waals surface area (Å²) in [4.78, 5) is 9.37. The number of halogens is 3. The number of nitrogens with one attached hydrogen (secondary N) is 3. The number of benzene rings is 1. The van der Waals surface area contributed by atoms with E-state index >= 15 is 0 Å². The third-order valence-corrected chi connectivity index (χ3v) is 3.61. The van der Waals surface area contributed by atoms with Crippen molar-refractivity contribution in [3.05, 3.63) is 36.0 Å². The van der Waals surface area contributed by atoms with Gasteiger partial charge >= 0.3 is 6.18 Å². The maximum Gasteiger partial charge on any atom is 0.433 e. The zero-order valence-corrected chi connectivity index (χ0v) is 15.8. The molecule has 0 aliphatic carbocycles. The second-order valence-corrected chi connectivity index (χ2v) is 6.45. The molecule has 0 fully saturated rings. The van der Waals surface area contributed by atoms with Gasteiger partial charge in [-0.05, 0) is 38.4 Å². The summed E-state index contributed by atoms with van der Waals surface area (Å²) in [5.41, 5.74) is 4.96. The molecule has 0 saturated heterocycles. The fourth-order valence-electron chi connectivity index (χ4n) is 1.96. The van der Waals surface area contributed by atoms with Crippen LogP contribution in [0, 0.1) is 0 Å². The van der Waals surface area contributed by atoms with Crippen LogP contribution in [-0.2, 0) is 21.3 Å². The first-order valence-corrected chi connectivity index (χ1v) is 8.99. The van der Waals surface area contributed by atoms with Crippen molar-refractivity contribution in [2.45, 2.75) is 6.18 Å². The lowest BCUT2D eigenvalue weighted by atomic mass is 10.3. The molecular weight excluding hydrogens is 399 g/mol. The fourth-order valence-corrected chi connectivity index (χ4v) is 2.26. The van der Waals surface area contributed by atoms with Crippen LogP contribution in [0.4, 0.5) is 36.3 Å². The Hall–Kier alpha value is -2.64. The summed E-state index contributed by atoms with van der Waals surface area (Å²) >= 11 is 0. The van der Waals surface area contributed by atoms with E-state index in [-0.39, 0.29) is 17.5 Å². The molecule has 0 aliphatic rings. The van der Waals surface area contributed by atoms with E-state index < -0.39 is 22.7 Å². The second-order valence-electron chi connectivity index (χ2n) is 5.81. The SMILES string of the molecule is CN(C)CCNc1nc(NNc2ccc(N=[S-](=O)O)cc2)cc(C(F)(F)F)n1. The number of hydrogen-bond donors (Lipinski definition) is 4. The third kappa shape index (κ3) is 7.17. The van der Waals surface area contributed by atoms with Crippen LogP contribution in [0.1, 0.15) is 5.69 Å². The van der Waals surface area contributed by atoms with Crippen molar-refractivity contribution >= 4 is 34.0 Å². The van der Waals surface area contributed by atoms with Crippen molar-refractivity contribution in [2.24, 2.45) is 4.36 Å². The Kier molecular flexibility index (Phi) is 7.37. The van der Waals surface area contributed by atoms with E-state index in [9.17, 15) is 17.4 Å². The predicted molar refractivity (Wildman–Crippen MR) is 101 cm³/mol. The number of aromatic nitrogens is 2. The lowest BCUT2D eigenvalue weighted by molar-refractivity contribution is -0.141. The van der Waals surface area contributed by atoms with Crippen LogP contribution in [0.25, 0.3) is 0 Å². The maximum absolute atomic E-state index is 13.1. The molecule has 1 aromatic heterocycles. The summed E-state index contributed by atoms with van der Waals surface area (Å²) in [5.74, 6) is -0.236. The van der Waals surface area contributed by atoms with Gasteiger partial charge in [0.1, 0.15) is 0 Å². The summed E-state index contributed by atoms with van der Waals surface area (Å²) in [5, 5.41) is 2.76. The average Bonchev–Trinajstić information content (AvgIpc) is 2.59. The molecule has 13 heteroatoms. The van der Waals surface area contributed by atoms with Gasteiger partial charge in [0.25, 0.3) is 0 Å². The van der Waals surface area contributed by atoms with Gasteiger partial charge in [0.15, 0.2) is 11.5 Å². The minimum absolute atomic E-state index is 0.0834. The molecule has 0 saturated carbocycles. The van der Waals surface area contributed by atoms with E-state index in [0.29, 0.717) is 18.8 Å². The highest BCUT2D eigenvalue weighted by Gasteiger charge is 2.33. The Balaban J connectivity index is 2.12. The van der Waals surface area contributed by atoms with Crippen LogP contribution in [0.5, 0.6) is 0 Å². The quantitative estimate of drug-likeness (QED) is 0.294. The Morgan fingerprint density at radius 3 is 2.43 bits per heavy atom. The lowest BCUT2D eigenvalue weighted by Crippen LogP contribution is -2.22. The van der Waals surface area contributed by atoms with Crippen molar-refractivity contribution < 1.29 is 21.9 Å². The molecule has 28 heavy (non-hydrogen) atoms. The smallest absolute Gasteiger partial charge is 0.433 e. The monoisotopic (exact) mass is 418 g/mol. The Morgan fingerprint density at radius 2 is 1.86 bits per heavy atom. The van der Waals surface area contributed by atoms with Gasteiger partial charge < -0.3 is 23.3 Å². The van der Waals surface area contributed by atoms with Gasteiger partial charge in [-0.3, -0.25) is 10.9 Å². The summed E-state index contributed by atoms with van der Waals surface area (Å²) in [6, 6.07) is 6.77. The van der Waals surface area contributed by atoms with Gasteiger partial charge in [0, 0.05) is 24.8 Å². The molecule has 1 heterocycles. The molecule has 2 rings (SSSR count). The third-order valence-electron chi connectivity index (χ3n) is 3.24. The van der Waals surface area contributed by atoms with Crippen LogP contribution < -0.4 is 16.2 Å². The average molecular weight is 418 g/mol. The van der Waals surface area contributed by atoms with Crippen LogP contribution in [0.15, 0.2) is 34.7 Å². The van der Waals surface area contributed by atoms with Gasteiger partial charge in [0.05, 0.1) is 5.69 Å². The Bertz CT molecular complexity index is 869. The summed E-state index contributed by atoms with van der Waals surface area (Å²) in [7, 11) is 1.35. The zero-order valence-electron chi connectivity index (χ0n) is 15.0. The first-order valence-electron chi connectivity index (χ1n) is 7.93. The minimum Gasteiger partial charge on any atom is -0.454 e. The van der Waals surface area contributed by atoms with Crippen LogP contribution in [-0.4, -0.2) is 46.6 Å². The van der Waals surface area contributed by atoms with Crippen molar-refractivity contribution in [1.82, 2.24) is 14.9 Å². The molecule has 0 spiro atoms. The highest BCUT2D eigenvalue weighted by molar-refractivity contribution is 7.68. The molecule has 0 atom stereocenters. The molecule has 0 unspecified atom stereocenters. The Morgan fingerprint density at radius 1 is 1.18 bits per heavy atom. The molecule has 0 aliphatic heterocycles. The first-order chi connectivity index (χ1) is 13.1. The summed E-state index contributed by atoms with van der Waals surface area (Å²) in [6.07, 6.45) is -4.62. The van der Waals surface area contributed by atoms with Crippen molar-refractivity contribution in [2.75, 3.05) is 43.4 Å². The normalized spacial score (nSPS) is 12.8. The van der Waals surface area contributed by atoms with Gasteiger partial charge in [-0.2, -0.15) is 18.2 Å². The van der Waals surface area contributed by atoms with E-state index in [1.807, 2.05) is 19.0 Å². The standard InChI is InChI=1S/C15H19F3N7O2S/c1-25(2)8-7-19-14-20-12(15(16,17)18)9-13(21-14)23-22-10-3-5-11(6-4-10)24-28(26)27/h3-6,9,22H,7-8H2,1-2H3,(H,24,26,27)(H2,19,20,21,23)/q-1. The molecule has 0 amide bonds. The van der Waals surface area contributed by atoms with Crippen LogP contribution >= 0.6 is 0 Å². The number of rotatable bonds is 8. The van der Waals surface area contributed by atoms with Crippen LogP contribution in [0.3, 0.4) is 0 Å². The van der Waals surface area contributed by atoms with Crippen molar-refractivity contribution in [3.8, 4) is 0 Å².